The zero-order chi connectivity index (χ0) is 19.5. The number of hydrogen-bond donors (Lipinski definition) is 1. The monoisotopic (exact) mass is 379 g/mol. The Balaban J connectivity index is 2.84. The fourth-order valence-corrected chi connectivity index (χ4v) is 3.38. The molecule has 26 heavy (non-hydrogen) atoms. The van der Waals surface area contributed by atoms with Crippen molar-refractivity contribution >= 4 is 17.8 Å². The van der Waals surface area contributed by atoms with Crippen LogP contribution in [-0.4, -0.2) is 26.0 Å². The molecule has 1 heterocycles. The molecule has 0 radical (unpaired) electrons. The number of ether oxygens (including phenoxy) is 2. The van der Waals surface area contributed by atoms with Gasteiger partial charge < -0.3 is 19.6 Å². The van der Waals surface area contributed by atoms with E-state index in [4.69, 9.17) is 19.6 Å². The van der Waals surface area contributed by atoms with Gasteiger partial charge in [0, 0.05) is 5.56 Å². The van der Waals surface area contributed by atoms with Crippen molar-refractivity contribution in [3.05, 3.63) is 52.9 Å². The second-order valence-corrected chi connectivity index (χ2v) is 7.44. The summed E-state index contributed by atoms with van der Waals surface area (Å²) in [6, 6.07) is 2.19. The average molecular weight is 380 g/mol. The van der Waals surface area contributed by atoms with E-state index in [1.54, 1.807) is 26.0 Å². The van der Waals surface area contributed by atoms with Crippen molar-refractivity contribution in [3.63, 3.8) is 0 Å². The molecule has 0 aliphatic carbocycles. The number of hydrogen-bond acceptors (Lipinski definition) is 5. The van der Waals surface area contributed by atoms with Gasteiger partial charge in [-0.25, -0.2) is 0 Å². The van der Waals surface area contributed by atoms with Crippen LogP contribution in [0.4, 0.5) is 0 Å². The van der Waals surface area contributed by atoms with E-state index in [1.165, 1.54) is 5.56 Å². The maximum Gasteiger partial charge on any atom is 0.130 e. The van der Waals surface area contributed by atoms with E-state index in [-0.39, 0.29) is 5.25 Å². The molecule has 0 aliphatic heterocycles. The minimum atomic E-state index is 0.189. The van der Waals surface area contributed by atoms with Crippen molar-refractivity contribution in [1.82, 2.24) is 0 Å². The van der Waals surface area contributed by atoms with Gasteiger partial charge in [0.2, 0.25) is 0 Å². The van der Waals surface area contributed by atoms with E-state index in [0.29, 0.717) is 12.5 Å². The SMILES string of the molecule is C/C=C/c1oc(CS[C@H](C)/C(=C\C=C(/CN)OC)OC)cc1[C@@H](C)CC. The molecule has 2 N–H and O–H groups in total. The molecule has 0 bridgehead atoms. The van der Waals surface area contributed by atoms with Gasteiger partial charge in [-0.1, -0.05) is 19.9 Å². The van der Waals surface area contributed by atoms with Gasteiger partial charge in [-0.3, -0.25) is 0 Å². The van der Waals surface area contributed by atoms with Gasteiger partial charge in [-0.05, 0) is 50.5 Å². The minimum absolute atomic E-state index is 0.189. The van der Waals surface area contributed by atoms with Crippen molar-refractivity contribution in [1.29, 1.82) is 0 Å². The van der Waals surface area contributed by atoms with Crippen molar-refractivity contribution in [2.45, 2.75) is 51.0 Å². The maximum absolute atomic E-state index is 6.06. The third-order valence-corrected chi connectivity index (χ3v) is 5.50. The van der Waals surface area contributed by atoms with Crippen LogP contribution in [0.5, 0.6) is 0 Å². The number of allylic oxidation sites excluding steroid dienone is 3. The van der Waals surface area contributed by atoms with Crippen LogP contribution < -0.4 is 5.73 Å². The third-order valence-electron chi connectivity index (χ3n) is 4.31. The van der Waals surface area contributed by atoms with E-state index in [1.807, 2.05) is 31.2 Å². The van der Waals surface area contributed by atoms with Gasteiger partial charge in [0.15, 0.2) is 0 Å². The average Bonchev–Trinajstić information content (AvgIpc) is 3.06. The molecule has 1 aromatic rings. The number of nitrogens with two attached hydrogens (primary N) is 1. The van der Waals surface area contributed by atoms with Crippen LogP contribution in [0.3, 0.4) is 0 Å². The predicted octanol–water partition coefficient (Wildman–Crippen LogP) is 5.47. The van der Waals surface area contributed by atoms with E-state index >= 15 is 0 Å². The first-order valence-corrected chi connectivity index (χ1v) is 10.1. The molecule has 146 valence electrons. The molecule has 0 saturated heterocycles. The molecule has 5 heteroatoms. The second kappa shape index (κ2) is 11.9. The van der Waals surface area contributed by atoms with Crippen molar-refractivity contribution in [2.24, 2.45) is 5.73 Å². The van der Waals surface area contributed by atoms with Gasteiger partial charge >= 0.3 is 0 Å². The highest BCUT2D eigenvalue weighted by atomic mass is 32.2. The quantitative estimate of drug-likeness (QED) is 0.408. The molecule has 1 rings (SSSR count). The van der Waals surface area contributed by atoms with E-state index in [0.717, 1.165) is 35.2 Å². The maximum atomic E-state index is 6.06. The fourth-order valence-electron chi connectivity index (χ4n) is 2.49. The lowest BCUT2D eigenvalue weighted by molar-refractivity contribution is 0.279. The van der Waals surface area contributed by atoms with Crippen molar-refractivity contribution in [3.8, 4) is 0 Å². The molecule has 0 unspecified atom stereocenters. The Hall–Kier alpha value is -1.59. The first-order chi connectivity index (χ1) is 12.5. The number of rotatable bonds is 11. The smallest absolute Gasteiger partial charge is 0.130 e. The van der Waals surface area contributed by atoms with Gasteiger partial charge in [-0.2, -0.15) is 0 Å². The van der Waals surface area contributed by atoms with Crippen molar-refractivity contribution in [2.75, 3.05) is 20.8 Å². The summed E-state index contributed by atoms with van der Waals surface area (Å²) in [5, 5.41) is 0.189. The van der Waals surface area contributed by atoms with E-state index < -0.39 is 0 Å². The third kappa shape index (κ3) is 6.61. The molecule has 1 aromatic heterocycles. The Labute approximate surface area is 162 Å². The standard InChI is InChI=1S/C21H33NO3S/c1-7-9-21-19(15(3)8-2)12-18(25-21)14-26-16(4)20(24-6)11-10-17(13-22)23-5/h7,9-12,15-16H,8,13-14,22H2,1-6H3/b9-7+,17-10+,20-11+/t15-,16+/m0/s1. The summed E-state index contributed by atoms with van der Waals surface area (Å²) in [6.45, 7) is 8.93. The lowest BCUT2D eigenvalue weighted by Gasteiger charge is -2.13. The Morgan fingerprint density at radius 3 is 2.54 bits per heavy atom. The summed E-state index contributed by atoms with van der Waals surface area (Å²) in [7, 11) is 3.30. The second-order valence-electron chi connectivity index (χ2n) is 6.11. The zero-order valence-electron chi connectivity index (χ0n) is 16.9. The molecule has 0 aromatic carbocycles. The Bertz CT molecular complexity index is 625. The summed E-state index contributed by atoms with van der Waals surface area (Å²) < 4.78 is 16.8. The van der Waals surface area contributed by atoms with Gasteiger partial charge in [0.1, 0.15) is 23.0 Å². The van der Waals surface area contributed by atoms with Crippen LogP contribution in [0.1, 0.15) is 57.1 Å². The Kier molecular flexibility index (Phi) is 10.3. The Morgan fingerprint density at radius 1 is 1.27 bits per heavy atom. The summed E-state index contributed by atoms with van der Waals surface area (Å²) >= 11 is 1.78. The molecular weight excluding hydrogens is 346 g/mol. The van der Waals surface area contributed by atoms with E-state index in [2.05, 4.69) is 26.8 Å². The number of furan rings is 1. The molecule has 4 nitrogen and oxygen atoms in total. The van der Waals surface area contributed by atoms with Crippen LogP contribution in [0.25, 0.3) is 6.08 Å². The Morgan fingerprint density at radius 2 is 2.00 bits per heavy atom. The molecule has 0 fully saturated rings. The van der Waals surface area contributed by atoms with Crippen LogP contribution >= 0.6 is 11.8 Å². The summed E-state index contributed by atoms with van der Waals surface area (Å²) in [6.07, 6.45) is 8.94. The highest BCUT2D eigenvalue weighted by Gasteiger charge is 2.16. The predicted molar refractivity (Wildman–Crippen MR) is 112 cm³/mol. The molecule has 0 aliphatic rings. The minimum Gasteiger partial charge on any atom is -0.500 e. The summed E-state index contributed by atoms with van der Waals surface area (Å²) in [5.74, 6) is 4.85. The molecule has 2 atom stereocenters. The lowest BCUT2D eigenvalue weighted by atomic mass is 9.98. The molecule has 0 spiro atoms. The van der Waals surface area contributed by atoms with Crippen LogP contribution in [0.15, 0.2) is 40.2 Å². The molecule has 0 saturated carbocycles. The molecular formula is C21H33NO3S. The number of thioether (sulfide) groups is 1. The normalized spacial score (nSPS) is 15.3. The van der Waals surface area contributed by atoms with Gasteiger partial charge in [-0.15, -0.1) is 11.8 Å². The lowest BCUT2D eigenvalue weighted by Crippen LogP contribution is -2.06. The summed E-state index contributed by atoms with van der Waals surface area (Å²) in [4.78, 5) is 0. The van der Waals surface area contributed by atoms with Crippen LogP contribution in [0, 0.1) is 0 Å². The fraction of sp³-hybridized carbons (Fsp3) is 0.524. The van der Waals surface area contributed by atoms with E-state index in [9.17, 15) is 0 Å². The van der Waals surface area contributed by atoms with Gasteiger partial charge in [0.25, 0.3) is 0 Å². The number of methoxy groups -OCH3 is 2. The highest BCUT2D eigenvalue weighted by molar-refractivity contribution is 7.99. The zero-order valence-corrected chi connectivity index (χ0v) is 17.7. The first-order valence-electron chi connectivity index (χ1n) is 9.06. The highest BCUT2D eigenvalue weighted by Crippen LogP contribution is 2.31. The van der Waals surface area contributed by atoms with Gasteiger partial charge in [0.05, 0.1) is 31.8 Å². The van der Waals surface area contributed by atoms with Crippen LogP contribution in [-0.2, 0) is 15.2 Å². The largest absolute Gasteiger partial charge is 0.500 e. The topological polar surface area (TPSA) is 57.6 Å². The van der Waals surface area contributed by atoms with Crippen molar-refractivity contribution < 1.29 is 13.9 Å². The summed E-state index contributed by atoms with van der Waals surface area (Å²) in [5.41, 5.74) is 6.90. The first kappa shape index (κ1) is 22.5. The molecule has 0 amide bonds. The van der Waals surface area contributed by atoms with Crippen LogP contribution in [0.2, 0.25) is 0 Å².